The van der Waals surface area contributed by atoms with Gasteiger partial charge in [-0.3, -0.25) is 0 Å². The first-order valence-corrected chi connectivity index (χ1v) is 8.07. The van der Waals surface area contributed by atoms with Crippen LogP contribution in [0.15, 0.2) is 42.5 Å². The van der Waals surface area contributed by atoms with E-state index in [9.17, 15) is 0 Å². The van der Waals surface area contributed by atoms with Gasteiger partial charge in [0.05, 0.1) is 0 Å². The SMILES string of the molecule is CNC(c1ccc(C)c(Cl)c1)C1CCc2ccccc2C1. The highest BCUT2D eigenvalue weighted by atomic mass is 35.5. The third-order valence-electron chi connectivity index (χ3n) is 4.72. The van der Waals surface area contributed by atoms with E-state index in [2.05, 4.69) is 61.8 Å². The third-order valence-corrected chi connectivity index (χ3v) is 5.13. The minimum atomic E-state index is 0.372. The number of aryl methyl sites for hydroxylation is 2. The van der Waals surface area contributed by atoms with Crippen LogP contribution in [0.25, 0.3) is 0 Å². The molecule has 1 nitrogen and oxygen atoms in total. The average Bonchev–Trinajstić information content (AvgIpc) is 2.51. The van der Waals surface area contributed by atoms with Gasteiger partial charge in [-0.25, -0.2) is 0 Å². The summed E-state index contributed by atoms with van der Waals surface area (Å²) in [6, 6.07) is 15.7. The van der Waals surface area contributed by atoms with Gasteiger partial charge in [0, 0.05) is 11.1 Å². The molecule has 0 saturated carbocycles. The molecule has 0 radical (unpaired) electrons. The van der Waals surface area contributed by atoms with Crippen LogP contribution in [-0.2, 0) is 12.8 Å². The molecule has 2 unspecified atom stereocenters. The molecule has 21 heavy (non-hydrogen) atoms. The van der Waals surface area contributed by atoms with Crippen molar-refractivity contribution < 1.29 is 0 Å². The normalized spacial score (nSPS) is 19.1. The van der Waals surface area contributed by atoms with Gasteiger partial charge in [0.1, 0.15) is 0 Å². The van der Waals surface area contributed by atoms with Crippen molar-refractivity contribution in [3.8, 4) is 0 Å². The molecule has 0 amide bonds. The van der Waals surface area contributed by atoms with Gasteiger partial charge in [0.25, 0.3) is 0 Å². The summed E-state index contributed by atoms with van der Waals surface area (Å²) in [6.45, 7) is 2.05. The van der Waals surface area contributed by atoms with Crippen LogP contribution < -0.4 is 5.32 Å². The number of fused-ring (bicyclic) bond motifs is 1. The van der Waals surface area contributed by atoms with E-state index >= 15 is 0 Å². The van der Waals surface area contributed by atoms with Gasteiger partial charge in [-0.05, 0) is 67.5 Å². The minimum Gasteiger partial charge on any atom is -0.313 e. The summed E-state index contributed by atoms with van der Waals surface area (Å²) in [6.07, 6.45) is 3.56. The molecule has 0 aromatic heterocycles. The molecule has 1 aliphatic rings. The number of hydrogen-bond acceptors (Lipinski definition) is 1. The topological polar surface area (TPSA) is 12.0 Å². The lowest BCUT2D eigenvalue weighted by Crippen LogP contribution is -2.29. The minimum absolute atomic E-state index is 0.372. The Morgan fingerprint density at radius 1 is 1.14 bits per heavy atom. The van der Waals surface area contributed by atoms with Crippen LogP contribution in [0.4, 0.5) is 0 Å². The lowest BCUT2D eigenvalue weighted by atomic mass is 9.78. The van der Waals surface area contributed by atoms with Crippen LogP contribution in [0.1, 0.15) is 34.7 Å². The van der Waals surface area contributed by atoms with Crippen molar-refractivity contribution in [1.29, 1.82) is 0 Å². The number of rotatable bonds is 3. The Morgan fingerprint density at radius 3 is 2.62 bits per heavy atom. The number of halogens is 1. The molecule has 0 spiro atoms. The number of nitrogens with one attached hydrogen (secondary N) is 1. The van der Waals surface area contributed by atoms with E-state index in [1.165, 1.54) is 29.5 Å². The van der Waals surface area contributed by atoms with Crippen LogP contribution in [0.3, 0.4) is 0 Å². The van der Waals surface area contributed by atoms with Gasteiger partial charge >= 0.3 is 0 Å². The van der Waals surface area contributed by atoms with E-state index in [0.29, 0.717) is 12.0 Å². The Kier molecular flexibility index (Phi) is 4.32. The van der Waals surface area contributed by atoms with E-state index < -0.39 is 0 Å². The van der Waals surface area contributed by atoms with Gasteiger partial charge in [-0.1, -0.05) is 48.0 Å². The highest BCUT2D eigenvalue weighted by molar-refractivity contribution is 6.31. The van der Waals surface area contributed by atoms with Crippen molar-refractivity contribution in [2.75, 3.05) is 7.05 Å². The molecule has 0 heterocycles. The summed E-state index contributed by atoms with van der Waals surface area (Å²) in [5.41, 5.74) is 5.47. The molecular formula is C19H22ClN. The van der Waals surface area contributed by atoms with Gasteiger partial charge in [0.2, 0.25) is 0 Å². The molecule has 0 saturated heterocycles. The van der Waals surface area contributed by atoms with Gasteiger partial charge in [0.15, 0.2) is 0 Å². The summed E-state index contributed by atoms with van der Waals surface area (Å²) >= 11 is 6.31. The van der Waals surface area contributed by atoms with E-state index in [1.807, 2.05) is 0 Å². The lowest BCUT2D eigenvalue weighted by Gasteiger charge is -2.32. The quantitative estimate of drug-likeness (QED) is 0.865. The Balaban J connectivity index is 1.86. The standard InChI is InChI=1S/C19H22ClN/c1-13-7-8-17(12-18(13)20)19(21-2)16-10-9-14-5-3-4-6-15(14)11-16/h3-8,12,16,19,21H,9-11H2,1-2H3. The average molecular weight is 300 g/mol. The van der Waals surface area contributed by atoms with Gasteiger partial charge in [-0.2, -0.15) is 0 Å². The Bertz CT molecular complexity index is 635. The first-order valence-electron chi connectivity index (χ1n) is 7.69. The summed E-state index contributed by atoms with van der Waals surface area (Å²) in [5.74, 6) is 0.628. The maximum absolute atomic E-state index is 6.31. The molecule has 2 aromatic carbocycles. The van der Waals surface area contributed by atoms with Crippen LogP contribution in [0.2, 0.25) is 5.02 Å². The highest BCUT2D eigenvalue weighted by Crippen LogP contribution is 2.35. The van der Waals surface area contributed by atoms with Crippen molar-refractivity contribution in [2.24, 2.45) is 5.92 Å². The fourth-order valence-electron chi connectivity index (χ4n) is 3.49. The van der Waals surface area contributed by atoms with Crippen molar-refractivity contribution >= 4 is 11.6 Å². The molecule has 1 aliphatic carbocycles. The van der Waals surface area contributed by atoms with Crippen molar-refractivity contribution in [3.05, 3.63) is 69.7 Å². The van der Waals surface area contributed by atoms with Gasteiger partial charge < -0.3 is 5.32 Å². The molecule has 2 aromatic rings. The molecule has 0 aliphatic heterocycles. The molecule has 110 valence electrons. The van der Waals surface area contributed by atoms with Crippen LogP contribution in [0, 0.1) is 12.8 Å². The monoisotopic (exact) mass is 299 g/mol. The summed E-state index contributed by atoms with van der Waals surface area (Å²) < 4.78 is 0. The Labute approximate surface area is 132 Å². The summed E-state index contributed by atoms with van der Waals surface area (Å²) in [4.78, 5) is 0. The van der Waals surface area contributed by atoms with E-state index in [4.69, 9.17) is 11.6 Å². The van der Waals surface area contributed by atoms with Crippen molar-refractivity contribution in [1.82, 2.24) is 5.32 Å². The maximum atomic E-state index is 6.31. The Morgan fingerprint density at radius 2 is 1.90 bits per heavy atom. The van der Waals surface area contributed by atoms with E-state index in [-0.39, 0.29) is 0 Å². The van der Waals surface area contributed by atoms with E-state index in [1.54, 1.807) is 0 Å². The van der Waals surface area contributed by atoms with Crippen LogP contribution in [-0.4, -0.2) is 7.05 Å². The fraction of sp³-hybridized carbons (Fsp3) is 0.368. The predicted octanol–water partition coefficient (Wildman–Crippen LogP) is 4.71. The van der Waals surface area contributed by atoms with Crippen LogP contribution in [0.5, 0.6) is 0 Å². The van der Waals surface area contributed by atoms with Crippen molar-refractivity contribution in [3.63, 3.8) is 0 Å². The van der Waals surface area contributed by atoms with Gasteiger partial charge in [-0.15, -0.1) is 0 Å². The molecular weight excluding hydrogens is 278 g/mol. The largest absolute Gasteiger partial charge is 0.313 e. The second-order valence-corrected chi connectivity index (χ2v) is 6.45. The predicted molar refractivity (Wildman–Crippen MR) is 89.9 cm³/mol. The molecule has 2 atom stereocenters. The molecule has 2 heteroatoms. The Hall–Kier alpha value is -1.31. The smallest absolute Gasteiger partial charge is 0.0438 e. The second-order valence-electron chi connectivity index (χ2n) is 6.05. The summed E-state index contributed by atoms with van der Waals surface area (Å²) in [7, 11) is 2.05. The number of benzene rings is 2. The van der Waals surface area contributed by atoms with E-state index in [0.717, 1.165) is 17.0 Å². The molecule has 3 rings (SSSR count). The molecule has 1 N–H and O–H groups in total. The zero-order valence-electron chi connectivity index (χ0n) is 12.7. The lowest BCUT2D eigenvalue weighted by molar-refractivity contribution is 0.342. The molecule has 0 fully saturated rings. The highest BCUT2D eigenvalue weighted by Gasteiger charge is 2.26. The first-order chi connectivity index (χ1) is 10.2. The zero-order valence-corrected chi connectivity index (χ0v) is 13.5. The van der Waals surface area contributed by atoms with Crippen LogP contribution >= 0.6 is 11.6 Å². The first kappa shape index (κ1) is 14.6. The van der Waals surface area contributed by atoms with Crippen molar-refractivity contribution in [2.45, 2.75) is 32.2 Å². The number of hydrogen-bond donors (Lipinski definition) is 1. The fourth-order valence-corrected chi connectivity index (χ4v) is 3.68. The maximum Gasteiger partial charge on any atom is 0.0438 e. The third kappa shape index (κ3) is 3.00. The zero-order chi connectivity index (χ0) is 14.8. The second kappa shape index (κ2) is 6.21. The molecule has 0 bridgehead atoms. The summed E-state index contributed by atoms with van der Waals surface area (Å²) in [5, 5.41) is 4.37.